The molecule has 0 atom stereocenters. The quantitative estimate of drug-likeness (QED) is 0.270. The summed E-state index contributed by atoms with van der Waals surface area (Å²) in [4.78, 5) is 25.1. The molecule has 4 rings (SSSR count). The monoisotopic (exact) mass is 494 g/mol. The van der Waals surface area contributed by atoms with Crippen LogP contribution in [0.5, 0.6) is 5.75 Å². The third kappa shape index (κ3) is 11.0. The van der Waals surface area contributed by atoms with Crippen LogP contribution in [0.25, 0.3) is 10.9 Å². The fraction of sp³-hybridized carbons (Fsp3) is 0.448. The summed E-state index contributed by atoms with van der Waals surface area (Å²) < 4.78 is 5.63. The zero-order valence-corrected chi connectivity index (χ0v) is 22.1. The zero-order valence-electron chi connectivity index (χ0n) is 22.1. The van der Waals surface area contributed by atoms with Gasteiger partial charge in [-0.05, 0) is 81.9 Å². The molecule has 0 aliphatic carbocycles. The molecule has 1 saturated heterocycles. The largest absolute Gasteiger partial charge is 0.491 e. The Balaban J connectivity index is 0.000000246. The summed E-state index contributed by atoms with van der Waals surface area (Å²) in [6.45, 7) is 11.7. The van der Waals surface area contributed by atoms with Gasteiger partial charge >= 0.3 is 0 Å². The van der Waals surface area contributed by atoms with Gasteiger partial charge in [0.1, 0.15) is 11.4 Å². The minimum Gasteiger partial charge on any atom is -0.491 e. The lowest BCUT2D eigenvalue weighted by Crippen LogP contribution is -2.31. The zero-order chi connectivity index (χ0) is 26.2. The van der Waals surface area contributed by atoms with E-state index in [2.05, 4.69) is 59.0 Å². The molecule has 4 N–H and O–H groups in total. The van der Waals surface area contributed by atoms with Crippen molar-refractivity contribution in [1.82, 2.24) is 20.9 Å². The molecular weight excluding hydrogens is 452 g/mol. The molecule has 0 bridgehead atoms. The average Bonchev–Trinajstić information content (AvgIpc) is 3.31. The van der Waals surface area contributed by atoms with Crippen molar-refractivity contribution in [2.45, 2.75) is 53.1 Å². The maximum atomic E-state index is 12.0. The Labute approximate surface area is 215 Å². The number of benzene rings is 2. The van der Waals surface area contributed by atoms with E-state index >= 15 is 0 Å². The first-order chi connectivity index (χ1) is 17.4. The first-order valence-corrected chi connectivity index (χ1v) is 12.9. The highest BCUT2D eigenvalue weighted by atomic mass is 16.5. The second-order valence-electron chi connectivity index (χ2n) is 9.20. The molecule has 2 aromatic carbocycles. The number of piperidine rings is 1. The second kappa shape index (κ2) is 16.4. The number of hydrogen-bond acceptors (Lipinski definition) is 4. The van der Waals surface area contributed by atoms with Crippen molar-refractivity contribution < 1.29 is 14.3 Å². The fourth-order valence-corrected chi connectivity index (χ4v) is 3.66. The van der Waals surface area contributed by atoms with Crippen molar-refractivity contribution in [2.75, 3.05) is 26.2 Å². The molecule has 1 aliphatic rings. The Morgan fingerprint density at radius 1 is 1.08 bits per heavy atom. The Bertz CT molecular complexity index is 1030. The van der Waals surface area contributed by atoms with Crippen LogP contribution < -0.4 is 20.7 Å². The minimum absolute atomic E-state index is 0.106. The standard InChI is InChI=1S/C15H19N3O3.C8H10.C6H13N/c1-10(2)21-12-3-4-13-11(7-12)8-14(18-13)15(20)17-6-5-16-9-19;1-2-8-6-4-3-5-7-8;1-6-2-4-7-5-3-6/h3-4,7-10,18H,5-6H2,1-2H3,(H,16,19)(H,17,20);3-7H,2H2,1H3;6-7H,2-5H2,1H3. The number of ether oxygens (including phenoxy) is 1. The number of aryl methyl sites for hydroxylation is 1. The van der Waals surface area contributed by atoms with E-state index in [4.69, 9.17) is 4.74 Å². The molecule has 0 unspecified atom stereocenters. The van der Waals surface area contributed by atoms with Gasteiger partial charge in [0.15, 0.2) is 0 Å². The van der Waals surface area contributed by atoms with Crippen LogP contribution in [0, 0.1) is 5.92 Å². The van der Waals surface area contributed by atoms with Crippen molar-refractivity contribution >= 4 is 23.2 Å². The lowest BCUT2D eigenvalue weighted by atomic mass is 10.0. The van der Waals surface area contributed by atoms with E-state index in [1.165, 1.54) is 31.5 Å². The van der Waals surface area contributed by atoms with Gasteiger partial charge in [-0.15, -0.1) is 0 Å². The first kappa shape index (κ1) is 28.9. The molecule has 7 nitrogen and oxygen atoms in total. The molecule has 0 radical (unpaired) electrons. The lowest BCUT2D eigenvalue weighted by molar-refractivity contribution is -0.109. The second-order valence-corrected chi connectivity index (χ2v) is 9.20. The lowest BCUT2D eigenvalue weighted by Gasteiger charge is -2.17. The SMILES string of the molecule is CC(C)Oc1ccc2[nH]c(C(=O)NCCNC=O)cc2c1.CC1CCNCC1.CCc1ccccc1. The molecule has 1 aliphatic heterocycles. The number of aromatic nitrogens is 1. The topological polar surface area (TPSA) is 95.2 Å². The van der Waals surface area contributed by atoms with Gasteiger partial charge in [0.05, 0.1) is 6.10 Å². The van der Waals surface area contributed by atoms with Crippen molar-refractivity contribution in [2.24, 2.45) is 5.92 Å². The van der Waals surface area contributed by atoms with Crippen molar-refractivity contribution in [3.8, 4) is 5.75 Å². The van der Waals surface area contributed by atoms with Gasteiger partial charge < -0.3 is 25.7 Å². The third-order valence-electron chi connectivity index (χ3n) is 5.73. The highest BCUT2D eigenvalue weighted by molar-refractivity contribution is 5.98. The molecule has 3 aromatic rings. The van der Waals surface area contributed by atoms with E-state index in [0.29, 0.717) is 25.2 Å². The maximum Gasteiger partial charge on any atom is 0.267 e. The number of hydrogen-bond donors (Lipinski definition) is 4. The predicted molar refractivity (Wildman–Crippen MR) is 148 cm³/mol. The third-order valence-corrected chi connectivity index (χ3v) is 5.73. The molecular formula is C29H42N4O3. The molecule has 0 saturated carbocycles. The molecule has 1 fully saturated rings. The van der Waals surface area contributed by atoms with E-state index in [1.807, 2.05) is 38.1 Å². The van der Waals surface area contributed by atoms with Crippen LogP contribution >= 0.6 is 0 Å². The van der Waals surface area contributed by atoms with Crippen LogP contribution in [0.2, 0.25) is 0 Å². The van der Waals surface area contributed by atoms with E-state index in [1.54, 1.807) is 6.07 Å². The van der Waals surface area contributed by atoms with E-state index in [9.17, 15) is 9.59 Å². The smallest absolute Gasteiger partial charge is 0.267 e. The van der Waals surface area contributed by atoms with E-state index in [-0.39, 0.29) is 12.0 Å². The predicted octanol–water partition coefficient (Wildman–Crippen LogP) is 4.69. The summed E-state index contributed by atoms with van der Waals surface area (Å²) in [6, 6.07) is 17.9. The molecule has 36 heavy (non-hydrogen) atoms. The number of nitrogens with one attached hydrogen (secondary N) is 4. The molecule has 2 amide bonds. The van der Waals surface area contributed by atoms with Gasteiger partial charge in [-0.25, -0.2) is 0 Å². The molecule has 0 spiro atoms. The van der Waals surface area contributed by atoms with Gasteiger partial charge in [0, 0.05) is 24.0 Å². The number of carbonyl (C=O) groups is 2. The average molecular weight is 495 g/mol. The molecule has 7 heteroatoms. The highest BCUT2D eigenvalue weighted by Crippen LogP contribution is 2.22. The number of carbonyl (C=O) groups excluding carboxylic acids is 2. The van der Waals surface area contributed by atoms with Crippen molar-refractivity contribution in [3.63, 3.8) is 0 Å². The van der Waals surface area contributed by atoms with Crippen molar-refractivity contribution in [3.05, 3.63) is 65.9 Å². The van der Waals surface area contributed by atoms with Gasteiger partial charge in [0.25, 0.3) is 5.91 Å². The summed E-state index contributed by atoms with van der Waals surface area (Å²) >= 11 is 0. The van der Waals surface area contributed by atoms with Crippen LogP contribution in [-0.2, 0) is 11.2 Å². The molecule has 196 valence electrons. The summed E-state index contributed by atoms with van der Waals surface area (Å²) in [6.07, 6.45) is 4.60. The van der Waals surface area contributed by atoms with Crippen LogP contribution in [0.15, 0.2) is 54.6 Å². The summed E-state index contributed by atoms with van der Waals surface area (Å²) in [5, 5.41) is 9.44. The van der Waals surface area contributed by atoms with Crippen LogP contribution in [0.1, 0.15) is 56.6 Å². The van der Waals surface area contributed by atoms with Gasteiger partial charge in [0.2, 0.25) is 6.41 Å². The summed E-state index contributed by atoms with van der Waals surface area (Å²) in [7, 11) is 0. The number of aromatic amines is 1. The number of fused-ring (bicyclic) bond motifs is 1. The summed E-state index contributed by atoms with van der Waals surface area (Å²) in [5.74, 6) is 1.55. The van der Waals surface area contributed by atoms with Gasteiger partial charge in [-0.2, -0.15) is 0 Å². The minimum atomic E-state index is -0.203. The maximum absolute atomic E-state index is 12.0. The summed E-state index contributed by atoms with van der Waals surface area (Å²) in [5.41, 5.74) is 2.77. The van der Waals surface area contributed by atoms with E-state index < -0.39 is 0 Å². The van der Waals surface area contributed by atoms with Crippen molar-refractivity contribution in [1.29, 1.82) is 0 Å². The van der Waals surface area contributed by atoms with Crippen LogP contribution in [0.3, 0.4) is 0 Å². The molecule has 1 aromatic heterocycles. The van der Waals surface area contributed by atoms with E-state index in [0.717, 1.165) is 29.0 Å². The van der Waals surface area contributed by atoms with Gasteiger partial charge in [-0.1, -0.05) is 44.2 Å². The Morgan fingerprint density at radius 2 is 1.81 bits per heavy atom. The number of rotatable bonds is 8. The number of H-pyrrole nitrogens is 1. The Kier molecular flexibility index (Phi) is 13.1. The van der Waals surface area contributed by atoms with Crippen LogP contribution in [0.4, 0.5) is 0 Å². The van der Waals surface area contributed by atoms with Gasteiger partial charge in [-0.3, -0.25) is 9.59 Å². The fourth-order valence-electron chi connectivity index (χ4n) is 3.66. The normalized spacial score (nSPS) is 13.1. The highest BCUT2D eigenvalue weighted by Gasteiger charge is 2.10. The molecule has 2 heterocycles. The Hall–Kier alpha value is -3.32. The Morgan fingerprint density at radius 3 is 2.36 bits per heavy atom. The van der Waals surface area contributed by atoms with Crippen LogP contribution in [-0.4, -0.2) is 49.6 Å². The first-order valence-electron chi connectivity index (χ1n) is 12.9. The number of amides is 2.